The second kappa shape index (κ2) is 6.08. The third-order valence-electron chi connectivity index (χ3n) is 2.11. The Balaban J connectivity index is 0.00000225. The number of hydrogen-bond acceptors (Lipinski definition) is 2. The molecule has 0 heterocycles. The van der Waals surface area contributed by atoms with E-state index in [1.807, 2.05) is 0 Å². The second-order valence-corrected chi connectivity index (χ2v) is 3.24. The fraction of sp³-hybridized carbons (Fsp3) is 0.400. The van der Waals surface area contributed by atoms with Crippen LogP contribution in [0, 0.1) is 0 Å². The first-order valence-electron chi connectivity index (χ1n) is 4.48. The van der Waals surface area contributed by atoms with Crippen molar-refractivity contribution >= 4 is 12.4 Å². The normalized spacial score (nSPS) is 13.1. The average Bonchev–Trinajstić information content (AvgIpc) is 2.17. The predicted molar refractivity (Wildman–Crippen MR) is 57.3 cm³/mol. The van der Waals surface area contributed by atoms with Gasteiger partial charge in [0.15, 0.2) is 0 Å². The molecule has 92 valence electrons. The Morgan fingerprint density at radius 2 is 1.69 bits per heavy atom. The van der Waals surface area contributed by atoms with E-state index in [9.17, 15) is 13.2 Å². The molecule has 0 saturated carbocycles. The minimum Gasteiger partial charge on any atom is -0.396 e. The highest BCUT2D eigenvalue weighted by atomic mass is 35.5. The lowest BCUT2D eigenvalue weighted by Gasteiger charge is -2.12. The Morgan fingerprint density at radius 3 is 2.06 bits per heavy atom. The van der Waals surface area contributed by atoms with Gasteiger partial charge in [-0.3, -0.25) is 0 Å². The number of nitrogens with two attached hydrogens (primary N) is 1. The molecule has 0 saturated heterocycles. The van der Waals surface area contributed by atoms with Crippen molar-refractivity contribution < 1.29 is 18.3 Å². The molecule has 0 aliphatic heterocycles. The van der Waals surface area contributed by atoms with Gasteiger partial charge in [0.05, 0.1) is 5.56 Å². The number of aliphatic hydroxyl groups is 1. The summed E-state index contributed by atoms with van der Waals surface area (Å²) in [6.45, 7) is -0.0812. The van der Waals surface area contributed by atoms with Crippen LogP contribution in [0.3, 0.4) is 0 Å². The maximum absolute atomic E-state index is 12.2. The average molecular weight is 256 g/mol. The molecule has 3 N–H and O–H groups in total. The highest BCUT2D eigenvalue weighted by molar-refractivity contribution is 5.85. The quantitative estimate of drug-likeness (QED) is 0.872. The van der Waals surface area contributed by atoms with E-state index in [-0.39, 0.29) is 19.0 Å². The van der Waals surface area contributed by atoms with Gasteiger partial charge in [-0.1, -0.05) is 12.1 Å². The highest BCUT2D eigenvalue weighted by Gasteiger charge is 2.30. The summed E-state index contributed by atoms with van der Waals surface area (Å²) in [4.78, 5) is 0. The van der Waals surface area contributed by atoms with Gasteiger partial charge in [-0.2, -0.15) is 13.2 Å². The first kappa shape index (κ1) is 15.2. The Hall–Kier alpha value is -0.780. The summed E-state index contributed by atoms with van der Waals surface area (Å²) in [5.41, 5.74) is 5.53. The number of rotatable bonds is 3. The van der Waals surface area contributed by atoms with Crippen molar-refractivity contribution in [2.24, 2.45) is 5.73 Å². The van der Waals surface area contributed by atoms with Crippen LogP contribution in [0.4, 0.5) is 13.2 Å². The number of aliphatic hydroxyl groups excluding tert-OH is 1. The van der Waals surface area contributed by atoms with E-state index in [0.717, 1.165) is 12.1 Å². The summed E-state index contributed by atoms with van der Waals surface area (Å²) in [6, 6.07) is 4.24. The SMILES string of the molecule is Cl.NC(CCO)c1ccc(C(F)(F)F)cc1. The van der Waals surface area contributed by atoms with Gasteiger partial charge in [-0.05, 0) is 24.1 Å². The lowest BCUT2D eigenvalue weighted by molar-refractivity contribution is -0.137. The van der Waals surface area contributed by atoms with Crippen LogP contribution < -0.4 is 5.73 Å². The molecule has 0 aliphatic rings. The molecule has 1 rings (SSSR count). The Kier molecular flexibility index (Phi) is 5.78. The van der Waals surface area contributed by atoms with Gasteiger partial charge in [0.1, 0.15) is 0 Å². The molecule has 6 heteroatoms. The zero-order valence-electron chi connectivity index (χ0n) is 8.37. The van der Waals surface area contributed by atoms with Crippen LogP contribution in [-0.2, 0) is 6.18 Å². The van der Waals surface area contributed by atoms with Crippen molar-refractivity contribution in [2.75, 3.05) is 6.61 Å². The molecule has 0 radical (unpaired) electrons. The number of alkyl halides is 3. The van der Waals surface area contributed by atoms with Gasteiger partial charge in [-0.15, -0.1) is 12.4 Å². The fourth-order valence-electron chi connectivity index (χ4n) is 1.23. The van der Waals surface area contributed by atoms with E-state index in [1.54, 1.807) is 0 Å². The maximum Gasteiger partial charge on any atom is 0.416 e. The molecule has 1 unspecified atom stereocenters. The van der Waals surface area contributed by atoms with Gasteiger partial charge >= 0.3 is 6.18 Å². The number of hydrogen-bond donors (Lipinski definition) is 2. The molecule has 0 spiro atoms. The first-order valence-corrected chi connectivity index (χ1v) is 4.48. The van der Waals surface area contributed by atoms with Gasteiger partial charge in [0.2, 0.25) is 0 Å². The smallest absolute Gasteiger partial charge is 0.396 e. The topological polar surface area (TPSA) is 46.2 Å². The van der Waals surface area contributed by atoms with E-state index in [4.69, 9.17) is 10.8 Å². The molecular weight excluding hydrogens is 243 g/mol. The summed E-state index contributed by atoms with van der Waals surface area (Å²) in [7, 11) is 0. The maximum atomic E-state index is 12.2. The van der Waals surface area contributed by atoms with Crippen LogP contribution in [-0.4, -0.2) is 11.7 Å². The highest BCUT2D eigenvalue weighted by Crippen LogP contribution is 2.29. The number of halogens is 4. The summed E-state index contributed by atoms with van der Waals surface area (Å²) in [5.74, 6) is 0. The lowest BCUT2D eigenvalue weighted by atomic mass is 10.0. The van der Waals surface area contributed by atoms with Crippen molar-refractivity contribution in [2.45, 2.75) is 18.6 Å². The van der Waals surface area contributed by atoms with Crippen molar-refractivity contribution in [3.63, 3.8) is 0 Å². The van der Waals surface area contributed by atoms with Crippen LogP contribution in [0.2, 0.25) is 0 Å². The third kappa shape index (κ3) is 4.00. The van der Waals surface area contributed by atoms with Gasteiger partial charge < -0.3 is 10.8 Å². The summed E-state index contributed by atoms with van der Waals surface area (Å²) in [5, 5.41) is 8.62. The molecule has 0 bridgehead atoms. The Labute approximate surface area is 97.7 Å². The number of benzene rings is 1. The monoisotopic (exact) mass is 255 g/mol. The summed E-state index contributed by atoms with van der Waals surface area (Å²) in [6.07, 6.45) is -3.98. The van der Waals surface area contributed by atoms with Crippen LogP contribution in [0.25, 0.3) is 0 Å². The van der Waals surface area contributed by atoms with Gasteiger partial charge in [-0.25, -0.2) is 0 Å². The first-order chi connectivity index (χ1) is 6.95. The molecule has 1 atom stereocenters. The molecule has 1 aromatic carbocycles. The van der Waals surface area contributed by atoms with Crippen LogP contribution >= 0.6 is 12.4 Å². The van der Waals surface area contributed by atoms with Crippen molar-refractivity contribution in [3.8, 4) is 0 Å². The largest absolute Gasteiger partial charge is 0.416 e. The molecule has 2 nitrogen and oxygen atoms in total. The summed E-state index contributed by atoms with van der Waals surface area (Å²) < 4.78 is 36.6. The van der Waals surface area contributed by atoms with Crippen LogP contribution in [0.5, 0.6) is 0 Å². The van der Waals surface area contributed by atoms with Gasteiger partial charge in [0, 0.05) is 12.6 Å². The van der Waals surface area contributed by atoms with E-state index in [1.165, 1.54) is 12.1 Å². The Bertz CT molecular complexity index is 313. The molecule has 1 aromatic rings. The molecule has 0 aromatic heterocycles. The van der Waals surface area contributed by atoms with Crippen molar-refractivity contribution in [1.82, 2.24) is 0 Å². The third-order valence-corrected chi connectivity index (χ3v) is 2.11. The van der Waals surface area contributed by atoms with Crippen LogP contribution in [0.1, 0.15) is 23.6 Å². The van der Waals surface area contributed by atoms with E-state index in [0.29, 0.717) is 12.0 Å². The molecule has 0 fully saturated rings. The Morgan fingerprint density at radius 1 is 1.19 bits per heavy atom. The molecule has 16 heavy (non-hydrogen) atoms. The van der Waals surface area contributed by atoms with Crippen LogP contribution in [0.15, 0.2) is 24.3 Å². The molecule has 0 amide bonds. The van der Waals surface area contributed by atoms with E-state index >= 15 is 0 Å². The molecule has 0 aliphatic carbocycles. The standard InChI is InChI=1S/C10H12F3NO.ClH/c11-10(12,13)8-3-1-7(2-4-8)9(14)5-6-15;/h1-4,9,15H,5-6,14H2;1H. The zero-order chi connectivity index (χ0) is 11.5. The minimum atomic E-state index is -4.32. The predicted octanol–water partition coefficient (Wildman–Crippen LogP) is 2.51. The minimum absolute atomic E-state index is 0. The van der Waals surface area contributed by atoms with E-state index < -0.39 is 17.8 Å². The molecular formula is C10H13ClF3NO. The second-order valence-electron chi connectivity index (χ2n) is 3.24. The van der Waals surface area contributed by atoms with E-state index in [2.05, 4.69) is 0 Å². The lowest BCUT2D eigenvalue weighted by Crippen LogP contribution is -2.12. The zero-order valence-corrected chi connectivity index (χ0v) is 9.18. The van der Waals surface area contributed by atoms with Crippen molar-refractivity contribution in [1.29, 1.82) is 0 Å². The van der Waals surface area contributed by atoms with Gasteiger partial charge in [0.25, 0.3) is 0 Å². The fourth-order valence-corrected chi connectivity index (χ4v) is 1.23. The summed E-state index contributed by atoms with van der Waals surface area (Å²) >= 11 is 0. The van der Waals surface area contributed by atoms with Crippen molar-refractivity contribution in [3.05, 3.63) is 35.4 Å².